The Hall–Kier alpha value is -0.460. The van der Waals surface area contributed by atoms with Gasteiger partial charge in [-0.3, -0.25) is 14.3 Å². The highest BCUT2D eigenvalue weighted by molar-refractivity contribution is 7.51. The van der Waals surface area contributed by atoms with Gasteiger partial charge in [-0.25, -0.2) is 0 Å². The SMILES string of the molecule is NC(=O)[C@@H]1C(O)CCN1CP(=O)(O)O. The molecule has 5 N–H and O–H groups in total. The molecule has 1 saturated heterocycles. The number of carbonyl (C=O) groups excluding carboxylic acids is 1. The Morgan fingerprint density at radius 2 is 2.14 bits per heavy atom. The van der Waals surface area contributed by atoms with Gasteiger partial charge in [0.25, 0.3) is 0 Å². The predicted octanol–water partition coefficient (Wildman–Crippen LogP) is -1.96. The van der Waals surface area contributed by atoms with Crippen LogP contribution in [0.4, 0.5) is 0 Å². The number of amides is 1. The first kappa shape index (κ1) is 11.6. The van der Waals surface area contributed by atoms with Crippen molar-refractivity contribution in [3.8, 4) is 0 Å². The molecule has 0 spiro atoms. The summed E-state index contributed by atoms with van der Waals surface area (Å²) in [4.78, 5) is 29.5. The molecule has 0 aliphatic carbocycles. The van der Waals surface area contributed by atoms with E-state index in [-0.39, 0.29) is 6.54 Å². The lowest BCUT2D eigenvalue weighted by Gasteiger charge is -2.23. The maximum Gasteiger partial charge on any atom is 0.339 e. The number of hydrogen-bond acceptors (Lipinski definition) is 4. The molecule has 1 unspecified atom stereocenters. The number of carbonyl (C=O) groups is 1. The number of nitrogens with zero attached hydrogens (tertiary/aromatic N) is 1. The van der Waals surface area contributed by atoms with Crippen molar-refractivity contribution in [2.24, 2.45) is 5.73 Å². The molecular formula is C6H13N2O5P. The van der Waals surface area contributed by atoms with Crippen molar-refractivity contribution in [2.75, 3.05) is 12.8 Å². The molecule has 1 heterocycles. The molecule has 0 bridgehead atoms. The van der Waals surface area contributed by atoms with Crippen molar-refractivity contribution in [3.05, 3.63) is 0 Å². The third-order valence-electron chi connectivity index (χ3n) is 2.13. The van der Waals surface area contributed by atoms with Crippen LogP contribution in [-0.2, 0) is 9.36 Å². The van der Waals surface area contributed by atoms with Crippen LogP contribution in [0.15, 0.2) is 0 Å². The van der Waals surface area contributed by atoms with Gasteiger partial charge in [-0.05, 0) is 6.42 Å². The Kier molecular flexibility index (Phi) is 3.28. The zero-order valence-corrected chi connectivity index (χ0v) is 8.30. The van der Waals surface area contributed by atoms with Crippen LogP contribution in [0.5, 0.6) is 0 Å². The van der Waals surface area contributed by atoms with E-state index >= 15 is 0 Å². The number of aliphatic hydroxyl groups is 1. The minimum atomic E-state index is -4.21. The van der Waals surface area contributed by atoms with E-state index in [9.17, 15) is 14.5 Å². The van der Waals surface area contributed by atoms with Gasteiger partial charge in [0.05, 0.1) is 6.10 Å². The summed E-state index contributed by atoms with van der Waals surface area (Å²) in [6, 6.07) is -0.984. The Balaban J connectivity index is 2.70. The molecule has 2 atom stereocenters. The largest absolute Gasteiger partial charge is 0.391 e. The van der Waals surface area contributed by atoms with Crippen LogP contribution in [0, 0.1) is 0 Å². The van der Waals surface area contributed by atoms with Crippen LogP contribution in [0.3, 0.4) is 0 Å². The number of likely N-dealkylation sites (tertiary alicyclic amines) is 1. The minimum absolute atomic E-state index is 0.264. The third kappa shape index (κ3) is 2.76. The summed E-state index contributed by atoms with van der Waals surface area (Å²) in [5, 5.41) is 9.33. The average Bonchev–Trinajstić information content (AvgIpc) is 2.27. The molecule has 0 saturated carbocycles. The van der Waals surface area contributed by atoms with Gasteiger partial charge in [0.15, 0.2) is 0 Å². The zero-order chi connectivity index (χ0) is 10.9. The molecule has 1 aliphatic heterocycles. The fourth-order valence-electron chi connectivity index (χ4n) is 1.60. The normalized spacial score (nSPS) is 29.4. The van der Waals surface area contributed by atoms with Crippen LogP contribution >= 0.6 is 7.60 Å². The third-order valence-corrected chi connectivity index (χ3v) is 2.86. The summed E-state index contributed by atoms with van der Waals surface area (Å²) in [6.07, 6.45) is -1.18. The van der Waals surface area contributed by atoms with E-state index in [0.717, 1.165) is 0 Å². The molecule has 1 aliphatic rings. The molecule has 14 heavy (non-hydrogen) atoms. The van der Waals surface area contributed by atoms with E-state index in [1.807, 2.05) is 0 Å². The maximum atomic E-state index is 10.9. The molecule has 0 aromatic heterocycles. The van der Waals surface area contributed by atoms with E-state index in [4.69, 9.17) is 15.5 Å². The maximum absolute atomic E-state index is 10.9. The first-order valence-corrected chi connectivity index (χ1v) is 5.87. The molecule has 0 aromatic carbocycles. The van der Waals surface area contributed by atoms with E-state index < -0.39 is 31.9 Å². The molecule has 0 aromatic rings. The summed E-state index contributed by atoms with van der Waals surface area (Å²) in [5.74, 6) is -0.761. The lowest BCUT2D eigenvalue weighted by Crippen LogP contribution is -2.45. The first-order valence-electron chi connectivity index (χ1n) is 4.07. The second kappa shape index (κ2) is 3.96. The number of rotatable bonds is 3. The molecule has 0 radical (unpaired) electrons. The number of primary amides is 1. The Bertz CT molecular complexity index is 277. The van der Waals surface area contributed by atoms with Crippen molar-refractivity contribution in [1.82, 2.24) is 4.90 Å². The topological polar surface area (TPSA) is 124 Å². The van der Waals surface area contributed by atoms with Gasteiger partial charge in [-0.1, -0.05) is 0 Å². The van der Waals surface area contributed by atoms with Crippen LogP contribution < -0.4 is 5.73 Å². The monoisotopic (exact) mass is 224 g/mol. The summed E-state index contributed by atoms with van der Waals surface area (Å²) in [7, 11) is -4.21. The van der Waals surface area contributed by atoms with Crippen molar-refractivity contribution in [2.45, 2.75) is 18.6 Å². The van der Waals surface area contributed by atoms with Crippen molar-refractivity contribution >= 4 is 13.5 Å². The quantitative estimate of drug-likeness (QED) is 0.413. The molecule has 1 amide bonds. The van der Waals surface area contributed by atoms with Gasteiger partial charge in [0.1, 0.15) is 12.3 Å². The lowest BCUT2D eigenvalue weighted by atomic mass is 10.1. The van der Waals surface area contributed by atoms with E-state index in [2.05, 4.69) is 0 Å². The smallest absolute Gasteiger partial charge is 0.339 e. The minimum Gasteiger partial charge on any atom is -0.391 e. The van der Waals surface area contributed by atoms with E-state index in [1.165, 1.54) is 4.90 Å². The Morgan fingerprint density at radius 1 is 1.57 bits per heavy atom. The van der Waals surface area contributed by atoms with E-state index in [1.54, 1.807) is 0 Å². The van der Waals surface area contributed by atoms with Crippen LogP contribution in [-0.4, -0.2) is 50.7 Å². The van der Waals surface area contributed by atoms with Crippen molar-refractivity contribution in [1.29, 1.82) is 0 Å². The van der Waals surface area contributed by atoms with Crippen LogP contribution in [0.1, 0.15) is 6.42 Å². The Morgan fingerprint density at radius 3 is 2.57 bits per heavy atom. The second-order valence-electron chi connectivity index (χ2n) is 3.32. The summed E-state index contributed by atoms with van der Waals surface area (Å²) >= 11 is 0. The van der Waals surface area contributed by atoms with Gasteiger partial charge >= 0.3 is 7.60 Å². The number of hydrogen-bond donors (Lipinski definition) is 4. The molecule has 1 fully saturated rings. The summed E-state index contributed by atoms with van der Waals surface area (Å²) in [5.41, 5.74) is 5.00. The molecule has 82 valence electrons. The molecule has 7 nitrogen and oxygen atoms in total. The predicted molar refractivity (Wildman–Crippen MR) is 47.2 cm³/mol. The summed E-state index contributed by atoms with van der Waals surface area (Å²) in [6.45, 7) is 0.264. The highest BCUT2D eigenvalue weighted by atomic mass is 31.2. The highest BCUT2D eigenvalue weighted by Gasteiger charge is 2.39. The van der Waals surface area contributed by atoms with Crippen molar-refractivity contribution in [3.63, 3.8) is 0 Å². The molecular weight excluding hydrogens is 211 g/mol. The molecule has 1 rings (SSSR count). The Labute approximate surface area is 80.7 Å². The fourth-order valence-corrected chi connectivity index (χ4v) is 2.39. The van der Waals surface area contributed by atoms with Gasteiger partial charge in [0, 0.05) is 6.54 Å². The van der Waals surface area contributed by atoms with Crippen molar-refractivity contribution < 1.29 is 24.3 Å². The zero-order valence-electron chi connectivity index (χ0n) is 7.41. The van der Waals surface area contributed by atoms with Gasteiger partial charge in [-0.2, -0.15) is 0 Å². The lowest BCUT2D eigenvalue weighted by molar-refractivity contribution is -0.124. The second-order valence-corrected chi connectivity index (χ2v) is 4.93. The average molecular weight is 224 g/mol. The van der Waals surface area contributed by atoms with Crippen LogP contribution in [0.25, 0.3) is 0 Å². The fraction of sp³-hybridized carbons (Fsp3) is 0.833. The van der Waals surface area contributed by atoms with Gasteiger partial charge < -0.3 is 20.6 Å². The van der Waals surface area contributed by atoms with Gasteiger partial charge in [-0.15, -0.1) is 0 Å². The summed E-state index contributed by atoms with van der Waals surface area (Å²) < 4.78 is 10.7. The van der Waals surface area contributed by atoms with Crippen LogP contribution in [0.2, 0.25) is 0 Å². The van der Waals surface area contributed by atoms with Gasteiger partial charge in [0.2, 0.25) is 5.91 Å². The molecule has 8 heteroatoms. The first-order chi connectivity index (χ1) is 6.31. The number of aliphatic hydroxyl groups excluding tert-OH is 1. The highest BCUT2D eigenvalue weighted by Crippen LogP contribution is 2.37. The number of nitrogens with two attached hydrogens (primary N) is 1. The van der Waals surface area contributed by atoms with E-state index in [0.29, 0.717) is 6.42 Å². The standard InChI is InChI=1S/C6H13N2O5P/c7-6(10)5-4(9)1-2-8(5)3-14(11,12)13/h4-5,9H,1-3H2,(H2,7,10)(H2,11,12,13)/t4?,5-/m0/s1.